The molecule has 0 aromatic heterocycles. The molecule has 0 bridgehead atoms. The first-order valence-corrected chi connectivity index (χ1v) is 5.02. The summed E-state index contributed by atoms with van der Waals surface area (Å²) in [6.45, 7) is 5.28. The molecule has 0 spiro atoms. The molecule has 0 aliphatic rings. The second kappa shape index (κ2) is 8.74. The molecule has 0 saturated heterocycles. The van der Waals surface area contributed by atoms with E-state index in [-0.39, 0.29) is 25.7 Å². The smallest absolute Gasteiger partial charge is 0.331 e. The number of hydrogen-bond acceptors (Lipinski definition) is 4. The van der Waals surface area contributed by atoms with Crippen LogP contribution in [0, 0.1) is 11.8 Å². The van der Waals surface area contributed by atoms with Crippen LogP contribution in [-0.2, 0) is 19.1 Å². The highest BCUT2D eigenvalue weighted by Gasteiger charge is 2.20. The first-order chi connectivity index (χ1) is 7.61. The van der Waals surface area contributed by atoms with Gasteiger partial charge >= 0.3 is 5.97 Å². The number of esters is 1. The zero-order valence-electron chi connectivity index (χ0n) is 9.83. The van der Waals surface area contributed by atoms with Gasteiger partial charge in [-0.3, -0.25) is 4.79 Å². The fourth-order valence-corrected chi connectivity index (χ4v) is 0.957. The molecule has 0 rings (SSSR count). The van der Waals surface area contributed by atoms with Crippen LogP contribution < -0.4 is 5.32 Å². The molecule has 5 heteroatoms. The normalized spacial score (nSPS) is 10.9. The van der Waals surface area contributed by atoms with Crippen LogP contribution in [0.5, 0.6) is 0 Å². The van der Waals surface area contributed by atoms with Gasteiger partial charge in [0.05, 0.1) is 13.2 Å². The Hall–Kier alpha value is -1.54. The summed E-state index contributed by atoms with van der Waals surface area (Å²) < 4.78 is 9.91. The van der Waals surface area contributed by atoms with Gasteiger partial charge in [-0.2, -0.15) is 0 Å². The van der Waals surface area contributed by atoms with Gasteiger partial charge in [0.2, 0.25) is 5.91 Å². The Morgan fingerprint density at radius 1 is 1.44 bits per heavy atom. The number of amides is 1. The lowest BCUT2D eigenvalue weighted by molar-refractivity contribution is -0.148. The van der Waals surface area contributed by atoms with Gasteiger partial charge in [0.25, 0.3) is 0 Å². The second-order valence-corrected chi connectivity index (χ2v) is 2.95. The number of nitrogens with one attached hydrogen (secondary N) is 1. The van der Waals surface area contributed by atoms with Crippen LogP contribution in [0.2, 0.25) is 0 Å². The molecule has 5 nitrogen and oxygen atoms in total. The third-order valence-corrected chi connectivity index (χ3v) is 1.58. The van der Waals surface area contributed by atoms with Crippen molar-refractivity contribution in [3.63, 3.8) is 0 Å². The Balaban J connectivity index is 4.12. The minimum absolute atomic E-state index is 0.0626. The van der Waals surface area contributed by atoms with Crippen molar-refractivity contribution in [2.24, 2.45) is 0 Å². The van der Waals surface area contributed by atoms with E-state index in [1.54, 1.807) is 13.8 Å². The maximum atomic E-state index is 11.4. The number of ether oxygens (including phenoxy) is 2. The van der Waals surface area contributed by atoms with E-state index in [1.807, 2.05) is 0 Å². The predicted octanol–water partition coefficient (Wildman–Crippen LogP) is 0.0941. The standard InChI is InChI=1S/C11H17NO4/c1-4-6-7-15-8-10(12-9(3)13)11(14)16-5-2/h10H,5,7-8H2,1-3H3,(H,12,13)/t10-/m1/s1. The highest BCUT2D eigenvalue weighted by Crippen LogP contribution is 1.92. The molecule has 1 amide bonds. The summed E-state index contributed by atoms with van der Waals surface area (Å²) in [5, 5.41) is 2.45. The molecule has 1 atom stereocenters. The van der Waals surface area contributed by atoms with E-state index >= 15 is 0 Å². The first kappa shape index (κ1) is 14.5. The fraction of sp³-hybridized carbons (Fsp3) is 0.636. The maximum Gasteiger partial charge on any atom is 0.331 e. The van der Waals surface area contributed by atoms with E-state index in [2.05, 4.69) is 17.2 Å². The van der Waals surface area contributed by atoms with Crippen LogP contribution in [-0.4, -0.2) is 37.7 Å². The summed E-state index contributed by atoms with van der Waals surface area (Å²) in [6, 6.07) is -0.767. The maximum absolute atomic E-state index is 11.4. The van der Waals surface area contributed by atoms with Crippen molar-refractivity contribution in [1.82, 2.24) is 5.32 Å². The SMILES string of the molecule is CC#CCOC[C@@H](NC(C)=O)C(=O)OCC. The molecular weight excluding hydrogens is 210 g/mol. The fourth-order valence-electron chi connectivity index (χ4n) is 0.957. The van der Waals surface area contributed by atoms with Crippen molar-refractivity contribution < 1.29 is 19.1 Å². The van der Waals surface area contributed by atoms with E-state index in [9.17, 15) is 9.59 Å². The molecule has 0 aromatic rings. The second-order valence-electron chi connectivity index (χ2n) is 2.95. The average Bonchev–Trinajstić information content (AvgIpc) is 2.22. The van der Waals surface area contributed by atoms with Crippen LogP contribution in [0.25, 0.3) is 0 Å². The van der Waals surface area contributed by atoms with Crippen molar-refractivity contribution in [1.29, 1.82) is 0 Å². The summed E-state index contributed by atoms with van der Waals surface area (Å²) in [5.41, 5.74) is 0. The molecule has 0 aliphatic heterocycles. The lowest BCUT2D eigenvalue weighted by Crippen LogP contribution is -2.44. The molecule has 0 radical (unpaired) electrons. The van der Waals surface area contributed by atoms with Crippen molar-refractivity contribution >= 4 is 11.9 Å². The number of hydrogen-bond donors (Lipinski definition) is 1. The Morgan fingerprint density at radius 2 is 2.12 bits per heavy atom. The third kappa shape index (κ3) is 6.85. The van der Waals surface area contributed by atoms with Crippen molar-refractivity contribution in [2.75, 3.05) is 19.8 Å². The van der Waals surface area contributed by atoms with Gasteiger partial charge in [0, 0.05) is 6.92 Å². The summed E-state index contributed by atoms with van der Waals surface area (Å²) in [6.07, 6.45) is 0. The summed E-state index contributed by atoms with van der Waals surface area (Å²) in [4.78, 5) is 22.2. The van der Waals surface area contributed by atoms with Gasteiger partial charge in [-0.1, -0.05) is 5.92 Å². The first-order valence-electron chi connectivity index (χ1n) is 5.02. The van der Waals surface area contributed by atoms with E-state index < -0.39 is 12.0 Å². The van der Waals surface area contributed by atoms with Crippen LogP contribution in [0.1, 0.15) is 20.8 Å². The zero-order valence-corrected chi connectivity index (χ0v) is 9.83. The largest absolute Gasteiger partial charge is 0.464 e. The van der Waals surface area contributed by atoms with Crippen molar-refractivity contribution in [3.8, 4) is 11.8 Å². The predicted molar refractivity (Wildman–Crippen MR) is 58.5 cm³/mol. The summed E-state index contributed by atoms with van der Waals surface area (Å²) in [5.74, 6) is 4.55. The molecule has 0 aliphatic carbocycles. The molecule has 0 heterocycles. The number of carbonyl (C=O) groups excluding carboxylic acids is 2. The zero-order chi connectivity index (χ0) is 12.4. The van der Waals surface area contributed by atoms with Gasteiger partial charge < -0.3 is 14.8 Å². The van der Waals surface area contributed by atoms with Gasteiger partial charge in [-0.25, -0.2) is 4.79 Å². The topological polar surface area (TPSA) is 64.6 Å². The highest BCUT2D eigenvalue weighted by molar-refractivity contribution is 5.83. The summed E-state index contributed by atoms with van der Waals surface area (Å²) >= 11 is 0. The van der Waals surface area contributed by atoms with Crippen LogP contribution in [0.3, 0.4) is 0 Å². The third-order valence-electron chi connectivity index (χ3n) is 1.58. The minimum atomic E-state index is -0.767. The monoisotopic (exact) mass is 227 g/mol. The van der Waals surface area contributed by atoms with Crippen LogP contribution in [0.15, 0.2) is 0 Å². The Labute approximate surface area is 95.5 Å². The van der Waals surface area contributed by atoms with Crippen LogP contribution >= 0.6 is 0 Å². The number of carbonyl (C=O) groups is 2. The molecular formula is C11H17NO4. The molecule has 0 aromatic carbocycles. The van der Waals surface area contributed by atoms with Gasteiger partial charge in [-0.05, 0) is 13.8 Å². The van der Waals surface area contributed by atoms with Gasteiger partial charge in [0.1, 0.15) is 6.61 Å². The molecule has 0 fully saturated rings. The molecule has 0 unspecified atom stereocenters. The van der Waals surface area contributed by atoms with Gasteiger partial charge in [0.15, 0.2) is 6.04 Å². The van der Waals surface area contributed by atoms with E-state index in [1.165, 1.54) is 6.92 Å². The molecule has 1 N–H and O–H groups in total. The Kier molecular flexibility index (Phi) is 7.90. The Bertz CT molecular complexity index is 290. The quantitative estimate of drug-likeness (QED) is 0.397. The summed E-state index contributed by atoms with van der Waals surface area (Å²) in [7, 11) is 0. The van der Waals surface area contributed by atoms with Gasteiger partial charge in [-0.15, -0.1) is 5.92 Å². The lowest BCUT2D eigenvalue weighted by atomic mass is 10.3. The number of rotatable bonds is 6. The van der Waals surface area contributed by atoms with E-state index in [0.29, 0.717) is 0 Å². The highest BCUT2D eigenvalue weighted by atomic mass is 16.5. The van der Waals surface area contributed by atoms with E-state index in [4.69, 9.17) is 9.47 Å². The van der Waals surface area contributed by atoms with Crippen molar-refractivity contribution in [3.05, 3.63) is 0 Å². The van der Waals surface area contributed by atoms with Crippen LogP contribution in [0.4, 0.5) is 0 Å². The lowest BCUT2D eigenvalue weighted by Gasteiger charge is -2.15. The molecule has 0 saturated carbocycles. The van der Waals surface area contributed by atoms with Crippen molar-refractivity contribution in [2.45, 2.75) is 26.8 Å². The minimum Gasteiger partial charge on any atom is -0.464 e. The molecule has 90 valence electrons. The average molecular weight is 227 g/mol. The molecule has 16 heavy (non-hydrogen) atoms. The van der Waals surface area contributed by atoms with E-state index in [0.717, 1.165) is 0 Å². The Morgan fingerprint density at radius 3 is 2.62 bits per heavy atom.